The first-order valence-electron chi connectivity index (χ1n) is 12.6. The third-order valence-corrected chi connectivity index (χ3v) is 6.20. The molecule has 0 aromatic heterocycles. The number of hydrogen-bond donors (Lipinski definition) is 1. The van der Waals surface area contributed by atoms with Gasteiger partial charge in [-0.05, 0) is 31.7 Å². The lowest BCUT2D eigenvalue weighted by Gasteiger charge is -2.47. The Kier molecular flexibility index (Phi) is 9.41. The van der Waals surface area contributed by atoms with Crippen molar-refractivity contribution in [2.45, 2.75) is 65.3 Å². The van der Waals surface area contributed by atoms with E-state index in [9.17, 15) is 24.3 Å². The summed E-state index contributed by atoms with van der Waals surface area (Å²) in [4.78, 5) is 53.6. The number of aliphatic hydroxyl groups is 1. The third kappa shape index (κ3) is 6.28. The van der Waals surface area contributed by atoms with Crippen LogP contribution in [0.3, 0.4) is 0 Å². The molecule has 1 aliphatic rings. The number of esters is 1. The van der Waals surface area contributed by atoms with Gasteiger partial charge in [0.2, 0.25) is 12.3 Å². The van der Waals surface area contributed by atoms with Crippen molar-refractivity contribution in [1.29, 1.82) is 0 Å². The average Bonchev–Trinajstić information content (AvgIpc) is 2.88. The van der Waals surface area contributed by atoms with Gasteiger partial charge in [-0.3, -0.25) is 14.4 Å². The van der Waals surface area contributed by atoms with Crippen molar-refractivity contribution in [3.63, 3.8) is 0 Å². The van der Waals surface area contributed by atoms with Crippen molar-refractivity contribution in [1.82, 2.24) is 14.9 Å². The van der Waals surface area contributed by atoms with Gasteiger partial charge in [-0.15, -0.1) is 0 Å². The van der Waals surface area contributed by atoms with Gasteiger partial charge in [0.15, 0.2) is 6.10 Å². The van der Waals surface area contributed by atoms with Gasteiger partial charge in [-0.25, -0.2) is 14.8 Å². The number of hydrogen-bond acceptors (Lipinski definition) is 6. The Morgan fingerprint density at radius 1 is 1.03 bits per heavy atom. The average molecular weight is 522 g/mol. The topological polar surface area (TPSA) is 107 Å². The number of benzene rings is 2. The van der Waals surface area contributed by atoms with Gasteiger partial charge in [-0.1, -0.05) is 74.5 Å². The summed E-state index contributed by atoms with van der Waals surface area (Å²) in [6.07, 6.45) is -0.0965. The Labute approximate surface area is 223 Å². The number of hydrazine groups is 1. The summed E-state index contributed by atoms with van der Waals surface area (Å²) >= 11 is 0. The van der Waals surface area contributed by atoms with Crippen molar-refractivity contribution in [3.05, 3.63) is 78.0 Å². The van der Waals surface area contributed by atoms with Crippen LogP contribution in [0, 0.1) is 5.92 Å². The fourth-order valence-electron chi connectivity index (χ4n) is 4.57. The Morgan fingerprint density at radius 2 is 1.61 bits per heavy atom. The normalized spacial score (nSPS) is 17.2. The first-order valence-corrected chi connectivity index (χ1v) is 12.6. The smallest absolute Gasteiger partial charge is 0.337 e. The van der Waals surface area contributed by atoms with Crippen LogP contribution in [0.2, 0.25) is 0 Å². The molecule has 0 fully saturated rings. The molecule has 2 unspecified atom stereocenters. The van der Waals surface area contributed by atoms with Crippen LogP contribution in [0.25, 0.3) is 5.70 Å². The van der Waals surface area contributed by atoms with Crippen molar-refractivity contribution < 1.29 is 29.0 Å². The van der Waals surface area contributed by atoms with Crippen LogP contribution in [-0.2, 0) is 30.3 Å². The maximum absolute atomic E-state index is 14.1. The van der Waals surface area contributed by atoms with E-state index in [1.165, 1.54) is 23.0 Å². The van der Waals surface area contributed by atoms with Gasteiger partial charge in [-0.2, -0.15) is 0 Å². The molecule has 2 aromatic rings. The molecule has 1 N–H and O–H groups in total. The zero-order chi connectivity index (χ0) is 28.0. The molecule has 38 heavy (non-hydrogen) atoms. The Morgan fingerprint density at radius 3 is 2.11 bits per heavy atom. The second-order valence-electron chi connectivity index (χ2n) is 9.82. The Balaban J connectivity index is 2.22. The summed E-state index contributed by atoms with van der Waals surface area (Å²) in [6.45, 7) is 8.18. The maximum Gasteiger partial charge on any atom is 0.337 e. The number of amides is 3. The highest BCUT2D eigenvalue weighted by Gasteiger charge is 2.46. The number of nitrogens with zero attached hydrogens (tertiary/aromatic N) is 3. The molecule has 0 spiro atoms. The van der Waals surface area contributed by atoms with E-state index in [-0.39, 0.29) is 18.0 Å². The highest BCUT2D eigenvalue weighted by Crippen LogP contribution is 2.33. The van der Waals surface area contributed by atoms with Gasteiger partial charge in [0, 0.05) is 18.7 Å². The summed E-state index contributed by atoms with van der Waals surface area (Å²) in [7, 11) is 0. The minimum absolute atomic E-state index is 0.0599. The maximum atomic E-state index is 14.1. The first kappa shape index (κ1) is 28.6. The van der Waals surface area contributed by atoms with E-state index < -0.39 is 42.1 Å². The second kappa shape index (κ2) is 12.5. The molecule has 2 aromatic carbocycles. The number of ether oxygens (including phenoxy) is 1. The lowest BCUT2D eigenvalue weighted by atomic mass is 9.97. The molecule has 9 heteroatoms. The largest absolute Gasteiger partial charge is 0.461 e. The zero-order valence-corrected chi connectivity index (χ0v) is 22.4. The molecule has 0 radical (unpaired) electrons. The van der Waals surface area contributed by atoms with Crippen LogP contribution >= 0.6 is 0 Å². The predicted molar refractivity (Wildman–Crippen MR) is 141 cm³/mol. The van der Waals surface area contributed by atoms with Crippen molar-refractivity contribution in [3.8, 4) is 0 Å². The van der Waals surface area contributed by atoms with E-state index in [0.29, 0.717) is 12.0 Å². The molecule has 3 amide bonds. The highest BCUT2D eigenvalue weighted by molar-refractivity contribution is 5.96. The van der Waals surface area contributed by atoms with Crippen LogP contribution in [0.1, 0.15) is 45.7 Å². The fraction of sp³-hybridized carbons (Fsp3) is 0.379. The minimum Gasteiger partial charge on any atom is -0.461 e. The summed E-state index contributed by atoms with van der Waals surface area (Å²) in [5.74, 6) is -2.30. The molecule has 202 valence electrons. The number of rotatable bonds is 10. The van der Waals surface area contributed by atoms with E-state index in [4.69, 9.17) is 4.74 Å². The van der Waals surface area contributed by atoms with E-state index >= 15 is 0 Å². The molecular formula is C29H35N3O6. The molecular weight excluding hydrogens is 486 g/mol. The molecule has 1 heterocycles. The van der Waals surface area contributed by atoms with Crippen molar-refractivity contribution in [2.24, 2.45) is 5.92 Å². The molecule has 3 atom stereocenters. The monoisotopic (exact) mass is 521 g/mol. The highest BCUT2D eigenvalue weighted by atomic mass is 16.6. The molecule has 3 rings (SSSR count). The number of aliphatic hydroxyl groups excluding tert-OH is 1. The molecule has 9 nitrogen and oxygen atoms in total. The van der Waals surface area contributed by atoms with Crippen LogP contribution in [0.4, 0.5) is 0 Å². The number of carbonyl (C=O) groups excluding carboxylic acids is 4. The molecule has 0 saturated carbocycles. The Hall–Kier alpha value is -3.98. The Bertz CT molecular complexity index is 1170. The standard InChI is InChI=1S/C29H35N3O6/c1-19(2)26-28(36)32(25(17-30(26)18-33)23-14-10-7-11-15-23)31(21(5)34)24(16-22-12-8-6-9-13-22)27(35)29(37)38-20(3)4/h6-15,17-20,24,26-27,35H,16H2,1-5H3/t24-,26?,27?/m0/s1. The SMILES string of the molecule is CC(=O)N([C@@H](Cc1ccccc1)C(O)C(=O)OC(C)C)N1C(=O)C(C(C)C)N(C=O)C=C1c1ccccc1. The summed E-state index contributed by atoms with van der Waals surface area (Å²) in [6, 6.07) is 15.8. The van der Waals surface area contributed by atoms with E-state index in [0.717, 1.165) is 10.6 Å². The third-order valence-electron chi connectivity index (χ3n) is 6.20. The predicted octanol–water partition coefficient (Wildman–Crippen LogP) is 3.00. The summed E-state index contributed by atoms with van der Waals surface area (Å²) < 4.78 is 5.28. The van der Waals surface area contributed by atoms with Crippen molar-refractivity contribution >= 4 is 29.9 Å². The van der Waals surface area contributed by atoms with Gasteiger partial charge in [0.25, 0.3) is 5.91 Å². The second-order valence-corrected chi connectivity index (χ2v) is 9.82. The van der Waals surface area contributed by atoms with Gasteiger partial charge in [0.1, 0.15) is 6.04 Å². The van der Waals surface area contributed by atoms with Crippen molar-refractivity contribution in [2.75, 3.05) is 0 Å². The number of carbonyl (C=O) groups is 4. The lowest BCUT2D eigenvalue weighted by molar-refractivity contribution is -0.178. The minimum atomic E-state index is -1.76. The van der Waals surface area contributed by atoms with E-state index in [1.54, 1.807) is 70.2 Å². The van der Waals surface area contributed by atoms with Gasteiger partial charge >= 0.3 is 5.97 Å². The van der Waals surface area contributed by atoms with E-state index in [1.807, 2.05) is 18.2 Å². The van der Waals surface area contributed by atoms with Crippen LogP contribution in [0.15, 0.2) is 66.9 Å². The summed E-state index contributed by atoms with van der Waals surface area (Å²) in [5.41, 5.74) is 1.57. The summed E-state index contributed by atoms with van der Waals surface area (Å²) in [5, 5.41) is 13.6. The van der Waals surface area contributed by atoms with Gasteiger partial charge in [0.05, 0.1) is 17.8 Å². The molecule has 1 aliphatic heterocycles. The van der Waals surface area contributed by atoms with E-state index in [2.05, 4.69) is 0 Å². The van der Waals surface area contributed by atoms with Crippen LogP contribution in [-0.4, -0.2) is 68.5 Å². The van der Waals surface area contributed by atoms with Gasteiger partial charge < -0.3 is 14.7 Å². The quantitative estimate of drug-likeness (QED) is 0.381. The van der Waals surface area contributed by atoms with Crippen LogP contribution in [0.5, 0.6) is 0 Å². The van der Waals surface area contributed by atoms with Crippen LogP contribution < -0.4 is 0 Å². The molecule has 0 aliphatic carbocycles. The fourth-order valence-corrected chi connectivity index (χ4v) is 4.57. The zero-order valence-electron chi connectivity index (χ0n) is 22.4. The molecule has 0 bridgehead atoms. The first-order chi connectivity index (χ1) is 18.1. The lowest BCUT2D eigenvalue weighted by Crippen LogP contribution is -2.64. The molecule has 0 saturated heterocycles.